The minimum absolute atomic E-state index is 0.0394. The van der Waals surface area contributed by atoms with E-state index < -0.39 is 0 Å². The molecule has 10 heavy (non-hydrogen) atoms. The third-order valence-corrected chi connectivity index (χ3v) is 2.81. The summed E-state index contributed by atoms with van der Waals surface area (Å²) in [6, 6.07) is 0. The van der Waals surface area contributed by atoms with Crippen LogP contribution >= 0.6 is 0 Å². The Labute approximate surface area is 61.8 Å². The molecule has 2 atom stereocenters. The van der Waals surface area contributed by atoms with Gasteiger partial charge in [-0.3, -0.25) is 0 Å². The van der Waals surface area contributed by atoms with Crippen molar-refractivity contribution in [1.29, 1.82) is 0 Å². The summed E-state index contributed by atoms with van der Waals surface area (Å²) < 4.78 is 0. The average Bonchev–Trinajstić information content (AvgIpc) is 2.06. The molecule has 1 fully saturated rings. The van der Waals surface area contributed by atoms with Gasteiger partial charge in [0.25, 0.3) is 0 Å². The Kier molecular flexibility index (Phi) is 1.53. The highest BCUT2D eigenvalue weighted by Crippen LogP contribution is 2.34. The fourth-order valence-corrected chi connectivity index (χ4v) is 2.12. The molecular weight excluding hydrogens is 124 g/mol. The number of aliphatic hydroxyl groups is 1. The first-order valence-electron chi connectivity index (χ1n) is 4.24. The summed E-state index contributed by atoms with van der Waals surface area (Å²) in [5, 5.41) is 9.63. The topological polar surface area (TPSA) is 20.2 Å². The summed E-state index contributed by atoms with van der Waals surface area (Å²) in [6.07, 6.45) is 9.39. The van der Waals surface area contributed by atoms with Crippen LogP contribution in [0.3, 0.4) is 0 Å². The first-order valence-corrected chi connectivity index (χ1v) is 4.24. The number of rotatable bonds is 0. The predicted octanol–water partition coefficient (Wildman–Crippen LogP) is 1.72. The molecule has 0 aromatic heterocycles. The van der Waals surface area contributed by atoms with E-state index in [1.165, 1.54) is 25.7 Å². The maximum Gasteiger partial charge on any atom is 0.0665 e. The lowest BCUT2D eigenvalue weighted by Gasteiger charge is -2.14. The van der Waals surface area contributed by atoms with E-state index in [4.69, 9.17) is 0 Å². The van der Waals surface area contributed by atoms with Crippen molar-refractivity contribution in [2.45, 2.75) is 31.8 Å². The molecule has 0 heterocycles. The van der Waals surface area contributed by atoms with Gasteiger partial charge in [-0.2, -0.15) is 0 Å². The van der Waals surface area contributed by atoms with Gasteiger partial charge in [0.2, 0.25) is 0 Å². The molecule has 56 valence electrons. The molecule has 2 rings (SSSR count). The molecule has 1 heteroatoms. The molecule has 0 aromatic rings. The Hall–Kier alpha value is -0.300. The number of hydrogen-bond acceptors (Lipinski definition) is 1. The van der Waals surface area contributed by atoms with E-state index in [0.29, 0.717) is 11.8 Å². The normalized spacial score (nSPS) is 45.5. The van der Waals surface area contributed by atoms with Crippen LogP contribution in [0.4, 0.5) is 0 Å². The molecule has 1 saturated carbocycles. The van der Waals surface area contributed by atoms with Gasteiger partial charge in [0.1, 0.15) is 0 Å². The Morgan fingerprint density at radius 3 is 2.00 bits per heavy atom. The molecular formula is C9H14O. The molecule has 1 N–H and O–H groups in total. The van der Waals surface area contributed by atoms with Crippen LogP contribution in [0.1, 0.15) is 25.7 Å². The van der Waals surface area contributed by atoms with Crippen LogP contribution in [0.25, 0.3) is 0 Å². The van der Waals surface area contributed by atoms with Gasteiger partial charge in [0.05, 0.1) is 6.10 Å². The van der Waals surface area contributed by atoms with Crippen molar-refractivity contribution in [2.24, 2.45) is 11.8 Å². The highest BCUT2D eigenvalue weighted by atomic mass is 16.3. The van der Waals surface area contributed by atoms with E-state index >= 15 is 0 Å². The van der Waals surface area contributed by atoms with Crippen LogP contribution in [0, 0.1) is 11.8 Å². The van der Waals surface area contributed by atoms with Gasteiger partial charge in [-0.25, -0.2) is 0 Å². The highest BCUT2D eigenvalue weighted by molar-refractivity contribution is 5.08. The van der Waals surface area contributed by atoms with Gasteiger partial charge < -0.3 is 5.11 Å². The van der Waals surface area contributed by atoms with E-state index in [9.17, 15) is 5.11 Å². The zero-order chi connectivity index (χ0) is 6.97. The molecule has 0 amide bonds. The predicted molar refractivity (Wildman–Crippen MR) is 40.6 cm³/mol. The van der Waals surface area contributed by atoms with Gasteiger partial charge in [-0.15, -0.1) is 0 Å². The lowest BCUT2D eigenvalue weighted by molar-refractivity contribution is 0.104. The number of hydrogen-bond donors (Lipinski definition) is 1. The molecule has 0 spiro atoms. The summed E-state index contributed by atoms with van der Waals surface area (Å²) >= 11 is 0. The van der Waals surface area contributed by atoms with Crippen molar-refractivity contribution in [2.75, 3.05) is 0 Å². The van der Waals surface area contributed by atoms with Gasteiger partial charge in [0.15, 0.2) is 0 Å². The minimum Gasteiger partial charge on any atom is -0.392 e. The van der Waals surface area contributed by atoms with E-state index in [0.717, 1.165) is 0 Å². The van der Waals surface area contributed by atoms with E-state index in [2.05, 4.69) is 12.2 Å². The van der Waals surface area contributed by atoms with E-state index in [1.807, 2.05) is 0 Å². The van der Waals surface area contributed by atoms with Crippen molar-refractivity contribution in [3.05, 3.63) is 12.2 Å². The SMILES string of the molecule is OC1C2C=CC1CCCC2. The van der Waals surface area contributed by atoms with Crippen LogP contribution in [0.15, 0.2) is 12.2 Å². The molecule has 2 unspecified atom stereocenters. The second kappa shape index (κ2) is 2.39. The maximum atomic E-state index is 9.63. The average molecular weight is 138 g/mol. The Morgan fingerprint density at radius 1 is 1.00 bits per heavy atom. The first kappa shape index (κ1) is 6.41. The summed E-state index contributed by atoms with van der Waals surface area (Å²) in [5.41, 5.74) is 0. The summed E-state index contributed by atoms with van der Waals surface area (Å²) in [6.45, 7) is 0. The van der Waals surface area contributed by atoms with Gasteiger partial charge in [-0.1, -0.05) is 25.0 Å². The Balaban J connectivity index is 2.14. The van der Waals surface area contributed by atoms with E-state index in [-0.39, 0.29) is 6.10 Å². The number of aliphatic hydroxyl groups excluding tert-OH is 1. The van der Waals surface area contributed by atoms with Crippen molar-refractivity contribution < 1.29 is 5.11 Å². The number of fused-ring (bicyclic) bond motifs is 2. The lowest BCUT2D eigenvalue weighted by atomic mass is 9.98. The lowest BCUT2D eigenvalue weighted by Crippen LogP contribution is -2.19. The second-order valence-corrected chi connectivity index (χ2v) is 3.49. The van der Waals surface area contributed by atoms with E-state index in [1.54, 1.807) is 0 Å². The van der Waals surface area contributed by atoms with Crippen molar-refractivity contribution in [3.8, 4) is 0 Å². The molecule has 0 aliphatic heterocycles. The Morgan fingerprint density at radius 2 is 1.50 bits per heavy atom. The zero-order valence-electron chi connectivity index (χ0n) is 6.16. The Bertz CT molecular complexity index is 135. The fourth-order valence-electron chi connectivity index (χ4n) is 2.12. The van der Waals surface area contributed by atoms with Crippen LogP contribution in [0.5, 0.6) is 0 Å². The quantitative estimate of drug-likeness (QED) is 0.505. The van der Waals surface area contributed by atoms with Crippen LogP contribution < -0.4 is 0 Å². The van der Waals surface area contributed by atoms with Crippen LogP contribution in [0.2, 0.25) is 0 Å². The van der Waals surface area contributed by atoms with Gasteiger partial charge in [-0.05, 0) is 12.8 Å². The third kappa shape index (κ3) is 0.891. The molecule has 0 saturated heterocycles. The molecule has 2 aliphatic carbocycles. The van der Waals surface area contributed by atoms with Crippen LogP contribution in [-0.4, -0.2) is 11.2 Å². The second-order valence-electron chi connectivity index (χ2n) is 3.49. The smallest absolute Gasteiger partial charge is 0.0665 e. The highest BCUT2D eigenvalue weighted by Gasteiger charge is 2.30. The van der Waals surface area contributed by atoms with Gasteiger partial charge in [0, 0.05) is 11.8 Å². The molecule has 2 aliphatic rings. The molecule has 0 radical (unpaired) electrons. The zero-order valence-corrected chi connectivity index (χ0v) is 6.16. The summed E-state index contributed by atoms with van der Waals surface area (Å²) in [4.78, 5) is 0. The van der Waals surface area contributed by atoms with Crippen molar-refractivity contribution in [3.63, 3.8) is 0 Å². The summed E-state index contributed by atoms with van der Waals surface area (Å²) in [7, 11) is 0. The largest absolute Gasteiger partial charge is 0.392 e. The van der Waals surface area contributed by atoms with Crippen molar-refractivity contribution in [1.82, 2.24) is 0 Å². The summed E-state index contributed by atoms with van der Waals surface area (Å²) in [5.74, 6) is 0.986. The maximum absolute atomic E-state index is 9.63. The fraction of sp³-hybridized carbons (Fsp3) is 0.778. The standard InChI is InChI=1S/C9H14O/c10-9-7-3-1-2-4-8(9)6-5-7/h5-10H,1-4H2. The van der Waals surface area contributed by atoms with Crippen molar-refractivity contribution >= 4 is 0 Å². The minimum atomic E-state index is -0.0394. The monoisotopic (exact) mass is 138 g/mol. The molecule has 1 nitrogen and oxygen atoms in total. The van der Waals surface area contributed by atoms with Crippen LogP contribution in [-0.2, 0) is 0 Å². The molecule has 2 bridgehead atoms. The van der Waals surface area contributed by atoms with Gasteiger partial charge >= 0.3 is 0 Å². The first-order chi connectivity index (χ1) is 4.88. The molecule has 0 aromatic carbocycles. The third-order valence-electron chi connectivity index (χ3n) is 2.81.